The number of aromatic nitrogens is 2. The van der Waals surface area contributed by atoms with Crippen molar-refractivity contribution in [3.05, 3.63) is 50.2 Å². The number of alkyl halides is 3. The molecule has 2 fully saturated rings. The Bertz CT molecular complexity index is 951. The van der Waals surface area contributed by atoms with Crippen LogP contribution >= 0.6 is 31.9 Å². The second-order valence-electron chi connectivity index (χ2n) is 8.04. The van der Waals surface area contributed by atoms with Crippen LogP contribution in [-0.2, 0) is 24.1 Å². The van der Waals surface area contributed by atoms with Gasteiger partial charge >= 0.3 is 6.18 Å². The Labute approximate surface area is 195 Å². The third-order valence-corrected chi connectivity index (χ3v) is 7.33. The van der Waals surface area contributed by atoms with Gasteiger partial charge in [0.15, 0.2) is 5.69 Å². The van der Waals surface area contributed by atoms with Crippen molar-refractivity contribution in [1.29, 1.82) is 0 Å². The Morgan fingerprint density at radius 1 is 1.10 bits per heavy atom. The van der Waals surface area contributed by atoms with Crippen molar-refractivity contribution in [1.82, 2.24) is 19.6 Å². The zero-order valence-electron chi connectivity index (χ0n) is 16.8. The van der Waals surface area contributed by atoms with Gasteiger partial charge in [-0.1, -0.05) is 34.1 Å². The molecule has 0 atom stereocenters. The summed E-state index contributed by atoms with van der Waals surface area (Å²) in [6, 6.07) is 8.08. The predicted octanol–water partition coefficient (Wildman–Crippen LogP) is 5.04. The molecular weight excluding hydrogens is 541 g/mol. The summed E-state index contributed by atoms with van der Waals surface area (Å²) in [6.07, 6.45) is -2.65. The van der Waals surface area contributed by atoms with Gasteiger partial charge in [0, 0.05) is 49.5 Å². The van der Waals surface area contributed by atoms with E-state index in [1.807, 2.05) is 18.2 Å². The minimum atomic E-state index is -4.51. The quantitative estimate of drug-likeness (QED) is 0.494. The molecule has 31 heavy (non-hydrogen) atoms. The van der Waals surface area contributed by atoms with Crippen molar-refractivity contribution >= 4 is 37.8 Å². The highest BCUT2D eigenvalue weighted by Crippen LogP contribution is 2.47. The smallest absolute Gasteiger partial charge is 0.340 e. The molecule has 1 aliphatic heterocycles. The fraction of sp³-hybridized carbons (Fsp3) is 0.524. The van der Waals surface area contributed by atoms with E-state index in [4.69, 9.17) is 0 Å². The van der Waals surface area contributed by atoms with Crippen LogP contribution in [0.5, 0.6) is 0 Å². The van der Waals surface area contributed by atoms with E-state index in [0.29, 0.717) is 18.8 Å². The molecule has 0 spiro atoms. The molecule has 168 valence electrons. The second-order valence-corrected chi connectivity index (χ2v) is 9.69. The first-order valence-corrected chi connectivity index (χ1v) is 11.9. The molecule has 1 aromatic carbocycles. The third kappa shape index (κ3) is 5.34. The van der Waals surface area contributed by atoms with Crippen molar-refractivity contribution in [3.63, 3.8) is 0 Å². The Morgan fingerprint density at radius 3 is 2.39 bits per heavy atom. The number of hydrogen-bond donors (Lipinski definition) is 0. The topological polar surface area (TPSA) is 41.4 Å². The Balaban J connectivity index is 1.33. The van der Waals surface area contributed by atoms with Gasteiger partial charge in [-0.05, 0) is 40.4 Å². The lowest BCUT2D eigenvalue weighted by atomic mass is 10.2. The zero-order valence-corrected chi connectivity index (χ0v) is 20.0. The van der Waals surface area contributed by atoms with Crippen LogP contribution < -0.4 is 0 Å². The molecule has 10 heteroatoms. The average molecular weight is 564 g/mol. The molecule has 0 bridgehead atoms. The van der Waals surface area contributed by atoms with Crippen LogP contribution in [0.4, 0.5) is 13.2 Å². The molecule has 0 unspecified atom stereocenters. The number of nitrogens with zero attached hydrogens (tertiary/aromatic N) is 4. The molecule has 1 saturated heterocycles. The highest BCUT2D eigenvalue weighted by molar-refractivity contribution is 9.10. The number of benzene rings is 1. The van der Waals surface area contributed by atoms with E-state index >= 15 is 0 Å². The monoisotopic (exact) mass is 562 g/mol. The normalized spacial score (nSPS) is 17.9. The van der Waals surface area contributed by atoms with Crippen LogP contribution in [0.15, 0.2) is 33.2 Å². The summed E-state index contributed by atoms with van der Waals surface area (Å²) in [7, 11) is 0. The van der Waals surface area contributed by atoms with E-state index in [0.717, 1.165) is 36.9 Å². The number of hydrogen-bond acceptors (Lipinski definition) is 3. The minimum Gasteiger partial charge on any atom is -0.340 e. The van der Waals surface area contributed by atoms with Gasteiger partial charge in [0.2, 0.25) is 5.91 Å². The van der Waals surface area contributed by atoms with E-state index < -0.39 is 11.9 Å². The molecule has 2 heterocycles. The maximum absolute atomic E-state index is 13.2. The number of aryl methyl sites for hydroxylation is 1. The summed E-state index contributed by atoms with van der Waals surface area (Å²) >= 11 is 6.66. The lowest BCUT2D eigenvalue weighted by molar-refractivity contribution is -0.142. The Morgan fingerprint density at radius 2 is 1.77 bits per heavy atom. The van der Waals surface area contributed by atoms with Gasteiger partial charge in [-0.25, -0.2) is 0 Å². The van der Waals surface area contributed by atoms with Crippen LogP contribution in [0.3, 0.4) is 0 Å². The summed E-state index contributed by atoms with van der Waals surface area (Å²) in [5.41, 5.74) is 0.875. The summed E-state index contributed by atoms with van der Waals surface area (Å²) in [5, 5.41) is 3.79. The van der Waals surface area contributed by atoms with Crippen molar-refractivity contribution in [2.45, 2.75) is 44.4 Å². The molecule has 1 amide bonds. The van der Waals surface area contributed by atoms with E-state index in [9.17, 15) is 18.0 Å². The second kappa shape index (κ2) is 9.23. The molecule has 5 nitrogen and oxygen atoms in total. The first-order valence-electron chi connectivity index (χ1n) is 10.3. The van der Waals surface area contributed by atoms with Gasteiger partial charge < -0.3 is 4.90 Å². The standard InChI is InChI=1S/C21H23Br2F3N4O/c22-16-4-2-1-3-15(16)13-28-9-11-29(12-10-28)17(31)7-8-30-19(14-5-6-14)18(23)20(27-30)21(24,25)26/h1-4,14H,5-13H2. The number of halogens is 5. The molecule has 1 aromatic heterocycles. The first-order chi connectivity index (χ1) is 14.7. The summed E-state index contributed by atoms with van der Waals surface area (Å²) in [6.45, 7) is 3.76. The van der Waals surface area contributed by atoms with Gasteiger partial charge in [-0.2, -0.15) is 18.3 Å². The molecule has 1 saturated carbocycles. The first kappa shape index (κ1) is 22.8. The summed E-state index contributed by atoms with van der Waals surface area (Å²) in [5.74, 6) is 0.0522. The SMILES string of the molecule is O=C(CCn1nc(C(F)(F)F)c(Br)c1C1CC1)N1CCN(Cc2ccccc2Br)CC1. The number of rotatable bonds is 6. The van der Waals surface area contributed by atoms with Gasteiger partial charge in [0.1, 0.15) is 0 Å². The minimum absolute atomic E-state index is 0.0237. The van der Waals surface area contributed by atoms with Gasteiger partial charge in [0.05, 0.1) is 16.7 Å². The summed E-state index contributed by atoms with van der Waals surface area (Å²) in [4.78, 5) is 16.8. The maximum atomic E-state index is 13.2. The molecule has 2 aliphatic rings. The van der Waals surface area contributed by atoms with Crippen LogP contribution in [0.25, 0.3) is 0 Å². The molecule has 0 N–H and O–H groups in total. The lowest BCUT2D eigenvalue weighted by Crippen LogP contribution is -2.48. The van der Waals surface area contributed by atoms with Crippen LogP contribution in [0, 0.1) is 0 Å². The number of carbonyl (C=O) groups excluding carboxylic acids is 1. The maximum Gasteiger partial charge on any atom is 0.436 e. The van der Waals surface area contributed by atoms with Crippen LogP contribution in [0.2, 0.25) is 0 Å². The molecule has 2 aromatic rings. The van der Waals surface area contributed by atoms with Gasteiger partial charge in [-0.15, -0.1) is 0 Å². The van der Waals surface area contributed by atoms with Gasteiger partial charge in [0.25, 0.3) is 0 Å². The molecule has 4 rings (SSSR count). The van der Waals surface area contributed by atoms with Crippen LogP contribution in [0.1, 0.15) is 42.1 Å². The van der Waals surface area contributed by atoms with E-state index in [-0.39, 0.29) is 29.3 Å². The fourth-order valence-electron chi connectivity index (χ4n) is 3.93. The average Bonchev–Trinajstić information content (AvgIpc) is 3.50. The number of carbonyl (C=O) groups is 1. The summed E-state index contributed by atoms with van der Waals surface area (Å²) < 4.78 is 42.2. The van der Waals surface area contributed by atoms with Crippen molar-refractivity contribution in [2.75, 3.05) is 26.2 Å². The zero-order chi connectivity index (χ0) is 22.2. The molecule has 0 radical (unpaired) electrons. The van der Waals surface area contributed by atoms with E-state index in [1.165, 1.54) is 10.2 Å². The Kier molecular flexibility index (Phi) is 6.79. The Hall–Kier alpha value is -1.39. The predicted molar refractivity (Wildman–Crippen MR) is 118 cm³/mol. The largest absolute Gasteiger partial charge is 0.436 e. The number of amides is 1. The highest BCUT2D eigenvalue weighted by atomic mass is 79.9. The fourth-order valence-corrected chi connectivity index (χ4v) is 5.18. The van der Waals surface area contributed by atoms with E-state index in [1.54, 1.807) is 4.90 Å². The highest BCUT2D eigenvalue weighted by Gasteiger charge is 2.41. The van der Waals surface area contributed by atoms with E-state index in [2.05, 4.69) is 47.9 Å². The van der Waals surface area contributed by atoms with Crippen molar-refractivity contribution < 1.29 is 18.0 Å². The number of piperazine rings is 1. The molecular formula is C21H23Br2F3N4O. The van der Waals surface area contributed by atoms with Gasteiger partial charge in [-0.3, -0.25) is 14.4 Å². The van der Waals surface area contributed by atoms with Crippen molar-refractivity contribution in [2.24, 2.45) is 0 Å². The van der Waals surface area contributed by atoms with Crippen LogP contribution in [-0.4, -0.2) is 51.7 Å². The molecule has 1 aliphatic carbocycles. The van der Waals surface area contributed by atoms with Crippen molar-refractivity contribution in [3.8, 4) is 0 Å². The third-order valence-electron chi connectivity index (χ3n) is 5.78. The lowest BCUT2D eigenvalue weighted by Gasteiger charge is -2.35.